The summed E-state index contributed by atoms with van der Waals surface area (Å²) in [6.07, 6.45) is 4.40. The Labute approximate surface area is 125 Å². The van der Waals surface area contributed by atoms with Crippen LogP contribution in [0, 0.1) is 0 Å². The minimum atomic E-state index is 0.213. The Morgan fingerprint density at radius 3 is 2.76 bits per heavy atom. The fourth-order valence-corrected chi connectivity index (χ4v) is 3.03. The van der Waals surface area contributed by atoms with Crippen LogP contribution in [0.15, 0.2) is 18.2 Å². The first-order valence-corrected chi connectivity index (χ1v) is 7.79. The van der Waals surface area contributed by atoms with Crippen molar-refractivity contribution in [1.82, 2.24) is 4.90 Å². The zero-order chi connectivity index (χ0) is 14.7. The lowest BCUT2D eigenvalue weighted by Crippen LogP contribution is -2.43. The van der Waals surface area contributed by atoms with Crippen molar-refractivity contribution in [1.29, 1.82) is 0 Å². The van der Waals surface area contributed by atoms with Gasteiger partial charge in [-0.3, -0.25) is 4.79 Å². The maximum atomic E-state index is 12.5. The van der Waals surface area contributed by atoms with Gasteiger partial charge >= 0.3 is 0 Å². The molecular weight excluding hydrogens is 266 g/mol. The van der Waals surface area contributed by atoms with Crippen LogP contribution in [-0.4, -0.2) is 43.6 Å². The number of ether oxygens (including phenoxy) is 1. The lowest BCUT2D eigenvalue weighted by molar-refractivity contribution is -0.130. The molecule has 2 aliphatic heterocycles. The van der Waals surface area contributed by atoms with E-state index in [1.807, 2.05) is 23.1 Å². The van der Waals surface area contributed by atoms with Crippen molar-refractivity contribution < 1.29 is 9.53 Å². The fourth-order valence-electron chi connectivity index (χ4n) is 3.03. The predicted octanol–water partition coefficient (Wildman–Crippen LogP) is 1.87. The average molecular weight is 289 g/mol. The van der Waals surface area contributed by atoms with E-state index in [0.29, 0.717) is 18.8 Å². The smallest absolute Gasteiger partial charge is 0.242 e. The molecule has 0 saturated carbocycles. The zero-order valence-corrected chi connectivity index (χ0v) is 12.4. The number of fused-ring (bicyclic) bond motifs is 1. The third-order valence-electron chi connectivity index (χ3n) is 4.19. The van der Waals surface area contributed by atoms with Gasteiger partial charge in [0.15, 0.2) is 0 Å². The van der Waals surface area contributed by atoms with Crippen LogP contribution in [0.3, 0.4) is 0 Å². The Morgan fingerprint density at radius 2 is 1.95 bits per heavy atom. The fraction of sp³-hybridized carbons (Fsp3) is 0.562. The normalized spacial score (nSPS) is 18.7. The van der Waals surface area contributed by atoms with Gasteiger partial charge in [0.05, 0.1) is 18.8 Å². The summed E-state index contributed by atoms with van der Waals surface area (Å²) in [6.45, 7) is 3.72. The molecule has 1 amide bonds. The van der Waals surface area contributed by atoms with Crippen LogP contribution in [0.25, 0.3) is 0 Å². The molecule has 0 unspecified atom stereocenters. The highest BCUT2D eigenvalue weighted by molar-refractivity contribution is 5.82. The van der Waals surface area contributed by atoms with Crippen molar-refractivity contribution in [2.24, 2.45) is 0 Å². The molecule has 1 saturated heterocycles. The van der Waals surface area contributed by atoms with E-state index in [1.54, 1.807) is 0 Å². The first kappa shape index (κ1) is 14.0. The van der Waals surface area contributed by atoms with Gasteiger partial charge in [-0.2, -0.15) is 0 Å². The Bertz CT molecular complexity index is 512. The molecule has 5 heteroatoms. The van der Waals surface area contributed by atoms with Crippen LogP contribution in [-0.2, 0) is 4.79 Å². The molecule has 2 aliphatic rings. The van der Waals surface area contributed by atoms with E-state index < -0.39 is 0 Å². The number of carbonyl (C=O) groups excluding carboxylic acids is 1. The molecule has 2 heterocycles. The van der Waals surface area contributed by atoms with Gasteiger partial charge in [0.2, 0.25) is 5.91 Å². The molecule has 0 aliphatic carbocycles. The Morgan fingerprint density at radius 1 is 1.14 bits per heavy atom. The molecule has 0 atom stereocenters. The van der Waals surface area contributed by atoms with Crippen molar-refractivity contribution in [3.63, 3.8) is 0 Å². The molecule has 2 N–H and O–H groups in total. The number of rotatable bonds is 2. The van der Waals surface area contributed by atoms with Crippen molar-refractivity contribution in [3.05, 3.63) is 18.2 Å². The number of nitrogen functional groups attached to an aromatic ring is 1. The second-order valence-electron chi connectivity index (χ2n) is 5.79. The van der Waals surface area contributed by atoms with E-state index in [9.17, 15) is 4.79 Å². The molecule has 0 bridgehead atoms. The molecule has 1 aromatic rings. The van der Waals surface area contributed by atoms with Crippen LogP contribution >= 0.6 is 0 Å². The molecule has 0 radical (unpaired) electrons. The van der Waals surface area contributed by atoms with Crippen molar-refractivity contribution in [2.75, 3.05) is 43.4 Å². The summed E-state index contributed by atoms with van der Waals surface area (Å²) < 4.78 is 5.74. The number of hydrogen-bond donors (Lipinski definition) is 1. The Balaban J connectivity index is 1.75. The average Bonchev–Trinajstić information content (AvgIpc) is 2.70. The summed E-state index contributed by atoms with van der Waals surface area (Å²) in [5, 5.41) is 0. The highest BCUT2D eigenvalue weighted by atomic mass is 16.5. The number of benzene rings is 1. The molecule has 21 heavy (non-hydrogen) atoms. The summed E-state index contributed by atoms with van der Waals surface area (Å²) in [7, 11) is 0. The highest BCUT2D eigenvalue weighted by Gasteiger charge is 2.23. The van der Waals surface area contributed by atoms with Crippen LogP contribution in [0.2, 0.25) is 0 Å². The van der Waals surface area contributed by atoms with Crippen LogP contribution in [0.1, 0.15) is 25.7 Å². The summed E-state index contributed by atoms with van der Waals surface area (Å²) >= 11 is 0. The van der Waals surface area contributed by atoms with E-state index in [4.69, 9.17) is 10.5 Å². The summed E-state index contributed by atoms with van der Waals surface area (Å²) in [4.78, 5) is 16.6. The van der Waals surface area contributed by atoms with Gasteiger partial charge in [-0.1, -0.05) is 0 Å². The SMILES string of the molecule is Nc1ccc2c(c1)N(CC(=O)N1CCCCC1)CCCO2. The van der Waals surface area contributed by atoms with Gasteiger partial charge in [0, 0.05) is 25.3 Å². The molecule has 1 fully saturated rings. The number of amides is 1. The van der Waals surface area contributed by atoms with Gasteiger partial charge in [-0.25, -0.2) is 0 Å². The molecule has 0 aromatic heterocycles. The van der Waals surface area contributed by atoms with Crippen LogP contribution in [0.5, 0.6) is 5.75 Å². The van der Waals surface area contributed by atoms with Crippen LogP contribution in [0.4, 0.5) is 11.4 Å². The molecule has 114 valence electrons. The first-order chi connectivity index (χ1) is 10.2. The van der Waals surface area contributed by atoms with Crippen molar-refractivity contribution in [3.8, 4) is 5.75 Å². The van der Waals surface area contributed by atoms with E-state index in [0.717, 1.165) is 50.3 Å². The molecule has 3 rings (SSSR count). The predicted molar refractivity (Wildman–Crippen MR) is 83.6 cm³/mol. The Kier molecular flexibility index (Phi) is 4.18. The third kappa shape index (κ3) is 3.23. The van der Waals surface area contributed by atoms with Gasteiger partial charge in [0.25, 0.3) is 0 Å². The van der Waals surface area contributed by atoms with Crippen LogP contribution < -0.4 is 15.4 Å². The van der Waals surface area contributed by atoms with Crippen molar-refractivity contribution >= 4 is 17.3 Å². The number of piperidine rings is 1. The second kappa shape index (κ2) is 6.24. The van der Waals surface area contributed by atoms with Gasteiger partial charge in [-0.15, -0.1) is 0 Å². The number of nitrogens with zero attached hydrogens (tertiary/aromatic N) is 2. The largest absolute Gasteiger partial charge is 0.491 e. The molecular formula is C16H23N3O2. The molecule has 5 nitrogen and oxygen atoms in total. The van der Waals surface area contributed by atoms with E-state index in [2.05, 4.69) is 4.90 Å². The maximum absolute atomic E-state index is 12.5. The lowest BCUT2D eigenvalue weighted by atomic mass is 10.1. The summed E-state index contributed by atoms with van der Waals surface area (Å²) in [5.74, 6) is 1.04. The summed E-state index contributed by atoms with van der Waals surface area (Å²) in [6, 6.07) is 5.65. The standard InChI is InChI=1S/C16H23N3O2/c17-13-5-6-15-14(11-13)19(9-4-10-21-15)12-16(20)18-7-2-1-3-8-18/h5-6,11H,1-4,7-10,12,17H2. The number of likely N-dealkylation sites (tertiary alicyclic amines) is 1. The van der Waals surface area contributed by atoms with Gasteiger partial charge in [0.1, 0.15) is 5.75 Å². The monoisotopic (exact) mass is 289 g/mol. The van der Waals surface area contributed by atoms with E-state index in [-0.39, 0.29) is 5.91 Å². The Hall–Kier alpha value is -1.91. The van der Waals surface area contributed by atoms with E-state index >= 15 is 0 Å². The topological polar surface area (TPSA) is 58.8 Å². The number of hydrogen-bond acceptors (Lipinski definition) is 4. The minimum Gasteiger partial charge on any atom is -0.491 e. The number of anilines is 2. The van der Waals surface area contributed by atoms with Crippen molar-refractivity contribution in [2.45, 2.75) is 25.7 Å². The quantitative estimate of drug-likeness (QED) is 0.844. The van der Waals surface area contributed by atoms with Gasteiger partial charge < -0.3 is 20.3 Å². The first-order valence-electron chi connectivity index (χ1n) is 7.79. The second-order valence-corrected chi connectivity index (χ2v) is 5.79. The summed E-state index contributed by atoms with van der Waals surface area (Å²) in [5.41, 5.74) is 7.54. The molecule has 1 aromatic carbocycles. The minimum absolute atomic E-state index is 0.213. The van der Waals surface area contributed by atoms with E-state index in [1.165, 1.54) is 6.42 Å². The highest BCUT2D eigenvalue weighted by Crippen LogP contribution is 2.32. The maximum Gasteiger partial charge on any atom is 0.242 e. The zero-order valence-electron chi connectivity index (χ0n) is 12.4. The number of nitrogens with two attached hydrogens (primary N) is 1. The number of carbonyl (C=O) groups is 1. The molecule has 0 spiro atoms. The third-order valence-corrected chi connectivity index (χ3v) is 4.19. The van der Waals surface area contributed by atoms with Gasteiger partial charge in [-0.05, 0) is 43.9 Å². The lowest BCUT2D eigenvalue weighted by Gasteiger charge is -2.30.